The third-order valence-corrected chi connectivity index (χ3v) is 22.6. The molecule has 0 aromatic heterocycles. The molecule has 5 N–H and O–H groups in total. The maximum atomic E-state index is 7.52. The van der Waals surface area contributed by atoms with Crippen molar-refractivity contribution in [3.05, 3.63) is 70.9 Å². The van der Waals surface area contributed by atoms with Crippen LogP contribution in [0.5, 0.6) is 0 Å². The smallest absolute Gasteiger partial charge is 0.0441 e. The summed E-state index contributed by atoms with van der Waals surface area (Å²) >= 11 is 0. The molecule has 0 amide bonds. The van der Waals surface area contributed by atoms with Gasteiger partial charge >= 0.3 is 0 Å². The molecule has 71 heavy (non-hydrogen) atoms. The van der Waals surface area contributed by atoms with Gasteiger partial charge in [-0.2, -0.15) is 0 Å². The molecular formula is C67H106N4. The summed E-state index contributed by atoms with van der Waals surface area (Å²) < 4.78 is 0. The molecule has 0 spiro atoms. The van der Waals surface area contributed by atoms with Crippen LogP contribution in [0.25, 0.3) is 0 Å². The predicted molar refractivity (Wildman–Crippen MR) is 303 cm³/mol. The molecule has 2 aliphatic heterocycles. The Morgan fingerprint density at radius 3 is 2.14 bits per heavy atom. The van der Waals surface area contributed by atoms with Gasteiger partial charge in [0.25, 0.3) is 0 Å². The number of nitrogens with zero attached hydrogens (tertiary/aromatic N) is 1. The second kappa shape index (κ2) is 24.8. The van der Waals surface area contributed by atoms with Crippen molar-refractivity contribution in [2.24, 2.45) is 111 Å². The zero-order chi connectivity index (χ0) is 48.8. The van der Waals surface area contributed by atoms with E-state index < -0.39 is 0 Å². The van der Waals surface area contributed by atoms with Gasteiger partial charge in [-0.05, 0) is 247 Å². The first-order valence-corrected chi connectivity index (χ1v) is 31.6. The summed E-state index contributed by atoms with van der Waals surface area (Å²) in [6.07, 6.45) is 60.6. The minimum absolute atomic E-state index is 0.265. The highest BCUT2D eigenvalue weighted by molar-refractivity contribution is 5.90. The fourth-order valence-electron chi connectivity index (χ4n) is 18.0. The number of aliphatic imine (C=N–C) groups is 1. The van der Waals surface area contributed by atoms with Crippen molar-refractivity contribution in [1.82, 2.24) is 5.32 Å². The topological polar surface area (TPSA) is 76.4 Å². The molecule has 8 aliphatic carbocycles. The fraction of sp³-hybridized carbons (Fsp3) is 0.806. The van der Waals surface area contributed by atoms with Gasteiger partial charge in [0.05, 0.1) is 0 Å². The maximum absolute atomic E-state index is 7.52. The molecule has 0 aromatic carbocycles. The van der Waals surface area contributed by atoms with Crippen molar-refractivity contribution in [3.63, 3.8) is 0 Å². The monoisotopic (exact) mass is 967 g/mol. The molecule has 0 bridgehead atoms. The van der Waals surface area contributed by atoms with Crippen LogP contribution in [0.1, 0.15) is 214 Å². The SMILES string of the molecule is CCCC(C)C1CCCC(C2=CC(C3CCCC(C4=NCC4)C3)CC(C3C=C(C(C)CC(N)C4CC=CC(C5CC(C6=CC(C(N)CCC)CC=C6)=CC(C6CCCC(C7CCN7)C6)C5)C4)CCC3)C2)C1. The summed E-state index contributed by atoms with van der Waals surface area (Å²) in [5.41, 5.74) is 22.8. The summed E-state index contributed by atoms with van der Waals surface area (Å²) in [7, 11) is 0. The Morgan fingerprint density at radius 1 is 0.620 bits per heavy atom. The van der Waals surface area contributed by atoms with Crippen LogP contribution in [0.15, 0.2) is 75.9 Å². The lowest BCUT2D eigenvalue weighted by Crippen LogP contribution is -2.49. The third-order valence-electron chi connectivity index (χ3n) is 22.6. The molecule has 0 aromatic rings. The van der Waals surface area contributed by atoms with Crippen LogP contribution in [0.2, 0.25) is 0 Å². The van der Waals surface area contributed by atoms with Gasteiger partial charge in [-0.15, -0.1) is 0 Å². The van der Waals surface area contributed by atoms with Crippen molar-refractivity contribution in [2.45, 2.75) is 232 Å². The maximum Gasteiger partial charge on any atom is 0.0441 e. The number of allylic oxidation sites excluding steroid dienone is 11. The van der Waals surface area contributed by atoms with Gasteiger partial charge in [0.1, 0.15) is 0 Å². The van der Waals surface area contributed by atoms with Crippen molar-refractivity contribution in [1.29, 1.82) is 0 Å². The lowest BCUT2D eigenvalue weighted by atomic mass is 9.62. The van der Waals surface area contributed by atoms with E-state index in [1.54, 1.807) is 16.9 Å². The van der Waals surface area contributed by atoms with E-state index in [-0.39, 0.29) is 12.1 Å². The van der Waals surface area contributed by atoms with E-state index in [4.69, 9.17) is 16.5 Å². The van der Waals surface area contributed by atoms with E-state index >= 15 is 0 Å². The Morgan fingerprint density at radius 2 is 1.37 bits per heavy atom. The van der Waals surface area contributed by atoms with Crippen LogP contribution in [0.4, 0.5) is 0 Å². The van der Waals surface area contributed by atoms with Gasteiger partial charge in [0, 0.05) is 36.8 Å². The van der Waals surface area contributed by atoms with E-state index in [9.17, 15) is 0 Å². The molecule has 10 rings (SSSR count). The molecule has 394 valence electrons. The van der Waals surface area contributed by atoms with E-state index in [2.05, 4.69) is 81.6 Å². The highest BCUT2D eigenvalue weighted by atomic mass is 15.0. The Hall–Kier alpha value is -2.01. The van der Waals surface area contributed by atoms with Gasteiger partial charge in [0.15, 0.2) is 0 Å². The minimum Gasteiger partial charge on any atom is -0.327 e. The highest BCUT2D eigenvalue weighted by Gasteiger charge is 2.42. The van der Waals surface area contributed by atoms with Crippen LogP contribution < -0.4 is 16.8 Å². The number of hydrogen-bond acceptors (Lipinski definition) is 4. The molecule has 0 radical (unpaired) electrons. The van der Waals surface area contributed by atoms with Crippen LogP contribution in [-0.2, 0) is 0 Å². The van der Waals surface area contributed by atoms with Crippen LogP contribution in [0, 0.1) is 94.7 Å². The van der Waals surface area contributed by atoms with E-state index in [1.165, 1.54) is 179 Å². The Kier molecular flexibility index (Phi) is 18.3. The van der Waals surface area contributed by atoms with Crippen LogP contribution >= 0.6 is 0 Å². The first-order valence-electron chi connectivity index (χ1n) is 31.6. The molecule has 4 nitrogen and oxygen atoms in total. The van der Waals surface area contributed by atoms with Crippen LogP contribution in [-0.4, -0.2) is 36.9 Å². The quantitative estimate of drug-likeness (QED) is 0.120. The molecule has 3 saturated carbocycles. The molecule has 10 aliphatic rings. The Bertz CT molecular complexity index is 1960. The summed E-state index contributed by atoms with van der Waals surface area (Å²) in [6.45, 7) is 12.2. The summed E-state index contributed by atoms with van der Waals surface area (Å²) in [5.74, 6) is 12.0. The van der Waals surface area contributed by atoms with E-state index in [0.717, 1.165) is 91.0 Å². The first kappa shape index (κ1) is 52.4. The van der Waals surface area contributed by atoms with Gasteiger partial charge in [-0.25, -0.2) is 0 Å². The second-order valence-corrected chi connectivity index (χ2v) is 27.1. The molecule has 19 atom stereocenters. The number of nitrogens with two attached hydrogens (primary N) is 2. The average molecular weight is 968 g/mol. The minimum atomic E-state index is 0.265. The van der Waals surface area contributed by atoms with Gasteiger partial charge in [-0.3, -0.25) is 4.99 Å². The standard InChI is InChI=1S/C67H106N4/c1-5-13-44(3)46-15-7-17-48(32-46)58-38-59(40-62(39-58)52-21-11-25-56(36-52)66-27-29-70-66)49-18-8-16-47(33-49)45(4)31-65(69)55-24-10-20-51(35-55)61-41-60(50-19-9-23-54(34-50)64(68)14-6-2)42-63(43-61)53-22-12-26-57(37-53)67-28-30-71-67/h9-10,19-20,33-34,39,42,44-46,48-49,51-57,59,61-65,67,71H,5-8,11-18,21-32,35-38,40-41,43,68-69H2,1-4H3. The molecule has 19 unspecified atom stereocenters. The molecular weight excluding hydrogens is 861 g/mol. The number of rotatable bonds is 18. The van der Waals surface area contributed by atoms with Gasteiger partial charge in [-0.1, -0.05) is 132 Å². The summed E-state index contributed by atoms with van der Waals surface area (Å²) in [6, 6.07) is 1.32. The highest BCUT2D eigenvalue weighted by Crippen LogP contribution is 2.52. The van der Waals surface area contributed by atoms with E-state index in [0.29, 0.717) is 35.5 Å². The molecule has 4 fully saturated rings. The zero-order valence-corrected chi connectivity index (χ0v) is 46.1. The molecule has 2 heterocycles. The lowest BCUT2D eigenvalue weighted by Gasteiger charge is -2.44. The summed E-state index contributed by atoms with van der Waals surface area (Å²) in [4.78, 5) is 4.92. The second-order valence-electron chi connectivity index (χ2n) is 27.1. The number of hydrogen-bond donors (Lipinski definition) is 3. The fourth-order valence-corrected chi connectivity index (χ4v) is 18.0. The largest absolute Gasteiger partial charge is 0.327 e. The third kappa shape index (κ3) is 12.8. The van der Waals surface area contributed by atoms with Crippen molar-refractivity contribution in [2.75, 3.05) is 13.1 Å². The van der Waals surface area contributed by atoms with Gasteiger partial charge < -0.3 is 16.8 Å². The van der Waals surface area contributed by atoms with Gasteiger partial charge in [0.2, 0.25) is 0 Å². The first-order chi connectivity index (χ1) is 34.7. The average Bonchev–Trinajstić information content (AvgIpc) is 3.38. The van der Waals surface area contributed by atoms with Crippen molar-refractivity contribution < 1.29 is 0 Å². The summed E-state index contributed by atoms with van der Waals surface area (Å²) in [5, 5.41) is 3.82. The van der Waals surface area contributed by atoms with Crippen molar-refractivity contribution >= 4 is 5.71 Å². The normalized spacial score (nSPS) is 40.6. The Labute approximate surface area is 436 Å². The van der Waals surface area contributed by atoms with Crippen LogP contribution in [0.3, 0.4) is 0 Å². The molecule has 1 saturated heterocycles. The number of nitrogens with one attached hydrogen (secondary N) is 1. The predicted octanol–water partition coefficient (Wildman–Crippen LogP) is 16.2. The zero-order valence-electron chi connectivity index (χ0n) is 46.1. The molecule has 4 heteroatoms. The Balaban J connectivity index is 0.808. The lowest BCUT2D eigenvalue weighted by molar-refractivity contribution is 0.127. The van der Waals surface area contributed by atoms with Crippen molar-refractivity contribution in [3.8, 4) is 0 Å². The van der Waals surface area contributed by atoms with E-state index in [1.807, 2.05) is 5.57 Å².